The van der Waals surface area contributed by atoms with E-state index in [1.165, 1.54) is 11.0 Å². The van der Waals surface area contributed by atoms with E-state index in [1.807, 2.05) is 35.2 Å². The maximum absolute atomic E-state index is 13.9. The van der Waals surface area contributed by atoms with Crippen molar-refractivity contribution < 1.29 is 14.0 Å². The summed E-state index contributed by atoms with van der Waals surface area (Å²) in [4.78, 5) is 29.8. The second kappa shape index (κ2) is 7.99. The molecule has 26 heavy (non-hydrogen) atoms. The Morgan fingerprint density at radius 3 is 2.23 bits per heavy atom. The molecule has 0 bridgehead atoms. The summed E-state index contributed by atoms with van der Waals surface area (Å²) in [7, 11) is 1.63. The van der Waals surface area contributed by atoms with Crippen LogP contribution in [0.25, 0.3) is 0 Å². The first kappa shape index (κ1) is 17.9. The highest BCUT2D eigenvalue weighted by molar-refractivity contribution is 6.34. The lowest BCUT2D eigenvalue weighted by molar-refractivity contribution is -0.151. The van der Waals surface area contributed by atoms with Gasteiger partial charge in [0.25, 0.3) is 0 Å². The standard InChI is InChI=1S/C20H22FN3O2/c1-22(15-16-7-3-2-4-8-16)19(25)20(26)24-13-11-23(12-14-24)18-10-6-5-9-17(18)21/h2-10H,11-15H2,1H3. The number of halogens is 1. The van der Waals surface area contributed by atoms with Gasteiger partial charge >= 0.3 is 11.8 Å². The van der Waals surface area contributed by atoms with Crippen molar-refractivity contribution in [2.75, 3.05) is 38.1 Å². The van der Waals surface area contributed by atoms with Gasteiger partial charge in [0.1, 0.15) is 5.82 Å². The first-order valence-electron chi connectivity index (χ1n) is 8.64. The van der Waals surface area contributed by atoms with E-state index in [0.29, 0.717) is 38.4 Å². The highest BCUT2D eigenvalue weighted by atomic mass is 19.1. The van der Waals surface area contributed by atoms with Gasteiger partial charge in [-0.15, -0.1) is 0 Å². The maximum atomic E-state index is 13.9. The van der Waals surface area contributed by atoms with Gasteiger partial charge in [-0.05, 0) is 17.7 Å². The molecular weight excluding hydrogens is 333 g/mol. The number of nitrogens with zero attached hydrogens (tertiary/aromatic N) is 3. The van der Waals surface area contributed by atoms with Crippen LogP contribution in [0.15, 0.2) is 54.6 Å². The van der Waals surface area contributed by atoms with Gasteiger partial charge in [-0.3, -0.25) is 9.59 Å². The molecule has 0 atom stereocenters. The first-order valence-corrected chi connectivity index (χ1v) is 8.64. The predicted octanol–water partition coefficient (Wildman–Crippen LogP) is 2.13. The zero-order valence-electron chi connectivity index (χ0n) is 14.8. The number of rotatable bonds is 3. The lowest BCUT2D eigenvalue weighted by atomic mass is 10.2. The average molecular weight is 355 g/mol. The van der Waals surface area contributed by atoms with Gasteiger partial charge in [-0.1, -0.05) is 42.5 Å². The van der Waals surface area contributed by atoms with Gasteiger partial charge in [0.05, 0.1) is 5.69 Å². The third-order valence-corrected chi connectivity index (χ3v) is 4.55. The van der Waals surface area contributed by atoms with E-state index in [2.05, 4.69) is 0 Å². The van der Waals surface area contributed by atoms with Gasteiger partial charge in [0, 0.05) is 39.8 Å². The second-order valence-corrected chi connectivity index (χ2v) is 6.38. The molecule has 1 heterocycles. The molecular formula is C20H22FN3O2. The number of anilines is 1. The number of benzene rings is 2. The summed E-state index contributed by atoms with van der Waals surface area (Å²) < 4.78 is 13.9. The quantitative estimate of drug-likeness (QED) is 0.793. The van der Waals surface area contributed by atoms with Crippen molar-refractivity contribution in [1.82, 2.24) is 9.80 Å². The van der Waals surface area contributed by atoms with Crippen LogP contribution in [0.5, 0.6) is 0 Å². The van der Waals surface area contributed by atoms with Crippen molar-refractivity contribution in [1.29, 1.82) is 0 Å². The van der Waals surface area contributed by atoms with Crippen LogP contribution in [0.4, 0.5) is 10.1 Å². The smallest absolute Gasteiger partial charge is 0.312 e. The van der Waals surface area contributed by atoms with Crippen LogP contribution in [0.1, 0.15) is 5.56 Å². The van der Waals surface area contributed by atoms with Crippen LogP contribution in [0, 0.1) is 5.82 Å². The Balaban J connectivity index is 1.56. The van der Waals surface area contributed by atoms with Gasteiger partial charge in [-0.2, -0.15) is 0 Å². The molecule has 1 aliphatic rings. The number of hydrogen-bond acceptors (Lipinski definition) is 3. The lowest BCUT2D eigenvalue weighted by Gasteiger charge is -2.36. The number of amides is 2. The Bertz CT molecular complexity index is 774. The fourth-order valence-electron chi connectivity index (χ4n) is 3.09. The van der Waals surface area contributed by atoms with Gasteiger partial charge < -0.3 is 14.7 Å². The largest absolute Gasteiger partial charge is 0.366 e. The van der Waals surface area contributed by atoms with Crippen molar-refractivity contribution in [3.05, 3.63) is 66.0 Å². The fraction of sp³-hybridized carbons (Fsp3) is 0.300. The lowest BCUT2D eigenvalue weighted by Crippen LogP contribution is -2.53. The van der Waals surface area contributed by atoms with Crippen molar-refractivity contribution in [3.63, 3.8) is 0 Å². The molecule has 1 aliphatic heterocycles. The first-order chi connectivity index (χ1) is 12.6. The summed E-state index contributed by atoms with van der Waals surface area (Å²) in [5.41, 5.74) is 1.51. The van der Waals surface area contributed by atoms with Gasteiger partial charge in [0.2, 0.25) is 0 Å². The van der Waals surface area contributed by atoms with E-state index in [0.717, 1.165) is 5.56 Å². The molecule has 136 valence electrons. The van der Waals surface area contributed by atoms with Crippen molar-refractivity contribution in [2.24, 2.45) is 0 Å². The van der Waals surface area contributed by atoms with Crippen LogP contribution in [-0.4, -0.2) is 54.8 Å². The van der Waals surface area contributed by atoms with E-state index in [-0.39, 0.29) is 5.82 Å². The predicted molar refractivity (Wildman–Crippen MR) is 98.1 cm³/mol. The molecule has 0 aliphatic carbocycles. The fourth-order valence-corrected chi connectivity index (χ4v) is 3.09. The zero-order valence-corrected chi connectivity index (χ0v) is 14.8. The summed E-state index contributed by atoms with van der Waals surface area (Å²) in [6.07, 6.45) is 0. The third kappa shape index (κ3) is 4.02. The number of carbonyl (C=O) groups is 2. The highest BCUT2D eigenvalue weighted by Crippen LogP contribution is 2.20. The molecule has 0 radical (unpaired) electrons. The molecule has 0 N–H and O–H groups in total. The summed E-state index contributed by atoms with van der Waals surface area (Å²) in [6, 6.07) is 16.1. The van der Waals surface area contributed by atoms with E-state index in [4.69, 9.17) is 0 Å². The summed E-state index contributed by atoms with van der Waals surface area (Å²) in [5.74, 6) is -1.30. The van der Waals surface area contributed by atoms with Crippen molar-refractivity contribution in [2.45, 2.75) is 6.54 Å². The van der Waals surface area contributed by atoms with Crippen molar-refractivity contribution in [3.8, 4) is 0 Å². The SMILES string of the molecule is CN(Cc1ccccc1)C(=O)C(=O)N1CCN(c2ccccc2F)CC1. The molecule has 0 aromatic heterocycles. The Morgan fingerprint density at radius 2 is 1.58 bits per heavy atom. The molecule has 1 saturated heterocycles. The van der Waals surface area contributed by atoms with Gasteiger partial charge in [0.15, 0.2) is 0 Å². The topological polar surface area (TPSA) is 43.9 Å². The minimum Gasteiger partial charge on any atom is -0.366 e. The molecule has 1 fully saturated rings. The van der Waals surface area contributed by atoms with E-state index in [1.54, 1.807) is 30.1 Å². The molecule has 0 saturated carbocycles. The van der Waals surface area contributed by atoms with Crippen LogP contribution in [-0.2, 0) is 16.1 Å². The minimum atomic E-state index is -0.520. The van der Waals surface area contributed by atoms with Gasteiger partial charge in [-0.25, -0.2) is 4.39 Å². The molecule has 5 nitrogen and oxygen atoms in total. The van der Waals surface area contributed by atoms with E-state index < -0.39 is 11.8 Å². The molecule has 2 aromatic carbocycles. The van der Waals surface area contributed by atoms with Crippen LogP contribution >= 0.6 is 0 Å². The normalized spacial score (nSPS) is 14.2. The average Bonchev–Trinajstić information content (AvgIpc) is 2.68. The Morgan fingerprint density at radius 1 is 0.962 bits per heavy atom. The van der Waals surface area contributed by atoms with Crippen molar-refractivity contribution >= 4 is 17.5 Å². The molecule has 2 aromatic rings. The molecule has 2 amide bonds. The third-order valence-electron chi connectivity index (χ3n) is 4.55. The summed E-state index contributed by atoms with van der Waals surface area (Å²) in [6.45, 7) is 2.20. The zero-order chi connectivity index (χ0) is 18.5. The van der Waals surface area contributed by atoms with Crippen LogP contribution < -0.4 is 4.90 Å². The Labute approximate surface area is 152 Å². The van der Waals surface area contributed by atoms with Crippen LogP contribution in [0.3, 0.4) is 0 Å². The monoisotopic (exact) mass is 355 g/mol. The minimum absolute atomic E-state index is 0.272. The summed E-state index contributed by atoms with van der Waals surface area (Å²) >= 11 is 0. The highest BCUT2D eigenvalue weighted by Gasteiger charge is 2.28. The molecule has 0 spiro atoms. The number of piperazine rings is 1. The van der Waals surface area contributed by atoms with E-state index >= 15 is 0 Å². The number of carbonyl (C=O) groups excluding carboxylic acids is 2. The molecule has 3 rings (SSSR count). The number of hydrogen-bond donors (Lipinski definition) is 0. The Kier molecular flexibility index (Phi) is 5.51. The Hall–Kier alpha value is -2.89. The van der Waals surface area contributed by atoms with Crippen LogP contribution in [0.2, 0.25) is 0 Å². The maximum Gasteiger partial charge on any atom is 0.312 e. The number of para-hydroxylation sites is 1. The second-order valence-electron chi connectivity index (χ2n) is 6.38. The number of likely N-dealkylation sites (N-methyl/N-ethyl adjacent to an activating group) is 1. The summed E-state index contributed by atoms with van der Waals surface area (Å²) in [5, 5.41) is 0. The molecule has 6 heteroatoms. The molecule has 0 unspecified atom stereocenters. The van der Waals surface area contributed by atoms with E-state index in [9.17, 15) is 14.0 Å².